The Morgan fingerprint density at radius 1 is 1.77 bits per heavy atom. The lowest BCUT2D eigenvalue weighted by Gasteiger charge is -2.00. The van der Waals surface area contributed by atoms with Crippen LogP contribution in [0.25, 0.3) is 5.57 Å². The Labute approximate surface area is 76.6 Å². The molecule has 0 saturated heterocycles. The molecule has 1 aromatic heterocycles. The van der Waals surface area contributed by atoms with E-state index in [0.29, 0.717) is 12.4 Å². The minimum Gasteiger partial charge on any atom is -0.276 e. The molecule has 0 radical (unpaired) electrons. The largest absolute Gasteiger partial charge is 0.343 e. The van der Waals surface area contributed by atoms with Crippen molar-refractivity contribution in [3.63, 3.8) is 0 Å². The number of hydrogen-bond donors (Lipinski definition) is 1. The van der Waals surface area contributed by atoms with E-state index >= 15 is 0 Å². The average Bonchev–Trinajstić information content (AvgIpc) is 2.47. The summed E-state index contributed by atoms with van der Waals surface area (Å²) in [5.74, 6) is 0.674. The van der Waals surface area contributed by atoms with Crippen molar-refractivity contribution >= 4 is 5.57 Å². The third kappa shape index (κ3) is 1.77. The molecule has 0 fully saturated rings. The molecule has 1 N–H and O–H groups in total. The van der Waals surface area contributed by atoms with Crippen molar-refractivity contribution in [2.45, 2.75) is 20.4 Å². The van der Waals surface area contributed by atoms with Gasteiger partial charge in [0.2, 0.25) is 0 Å². The molecule has 0 aliphatic rings. The molecule has 1 rings (SSSR count). The second kappa shape index (κ2) is 3.89. The van der Waals surface area contributed by atoms with E-state index in [1.807, 2.05) is 19.9 Å². The number of hydrogen-bond acceptors (Lipinski definition) is 2. The minimum absolute atomic E-state index is 0.172. The molecule has 1 heterocycles. The fourth-order valence-electron chi connectivity index (χ4n) is 1.16. The quantitative estimate of drug-likeness (QED) is 0.708. The summed E-state index contributed by atoms with van der Waals surface area (Å²) in [4.78, 5) is 11.2. The highest BCUT2D eigenvalue weighted by atomic mass is 16.1. The Kier molecular flexibility index (Phi) is 2.84. The molecule has 0 aliphatic heterocycles. The predicted molar refractivity (Wildman–Crippen MR) is 52.4 cm³/mol. The summed E-state index contributed by atoms with van der Waals surface area (Å²) < 4.78 is 1.58. The number of allylic oxidation sites excluding steroid dienone is 3. The van der Waals surface area contributed by atoms with Crippen molar-refractivity contribution in [2.75, 3.05) is 0 Å². The van der Waals surface area contributed by atoms with Crippen LogP contribution in [0, 0.1) is 0 Å². The lowest BCUT2D eigenvalue weighted by atomic mass is 10.2. The summed E-state index contributed by atoms with van der Waals surface area (Å²) in [6.45, 7) is 8.00. The number of nitrogens with one attached hydrogen (secondary N) is 1. The first-order valence-corrected chi connectivity index (χ1v) is 4.15. The van der Waals surface area contributed by atoms with Gasteiger partial charge >= 0.3 is 5.69 Å². The zero-order valence-electron chi connectivity index (χ0n) is 7.87. The summed E-state index contributed by atoms with van der Waals surface area (Å²) in [6.07, 6.45) is 3.50. The maximum absolute atomic E-state index is 11.2. The highest BCUT2D eigenvalue weighted by molar-refractivity contribution is 5.59. The van der Waals surface area contributed by atoms with Crippen molar-refractivity contribution in [1.29, 1.82) is 0 Å². The van der Waals surface area contributed by atoms with Gasteiger partial charge in [-0.2, -0.15) is 5.10 Å². The van der Waals surface area contributed by atoms with Gasteiger partial charge < -0.3 is 0 Å². The second-order valence-corrected chi connectivity index (χ2v) is 2.68. The van der Waals surface area contributed by atoms with Gasteiger partial charge in [-0.25, -0.2) is 9.89 Å². The van der Waals surface area contributed by atoms with E-state index in [1.165, 1.54) is 0 Å². The Balaban J connectivity index is 3.22. The van der Waals surface area contributed by atoms with E-state index in [2.05, 4.69) is 16.8 Å². The normalized spacial score (nSPS) is 11.7. The van der Waals surface area contributed by atoms with Crippen LogP contribution >= 0.6 is 0 Å². The molecule has 0 aromatic carbocycles. The summed E-state index contributed by atoms with van der Waals surface area (Å²) >= 11 is 0. The summed E-state index contributed by atoms with van der Waals surface area (Å²) in [7, 11) is 0. The van der Waals surface area contributed by atoms with Crippen molar-refractivity contribution in [2.24, 2.45) is 0 Å². The number of nitrogens with zero attached hydrogens (tertiary/aromatic N) is 2. The Hall–Kier alpha value is -1.58. The fraction of sp³-hybridized carbons (Fsp3) is 0.333. The lowest BCUT2D eigenvalue weighted by Crippen LogP contribution is -2.17. The van der Waals surface area contributed by atoms with Crippen LogP contribution in [0.2, 0.25) is 0 Å². The van der Waals surface area contributed by atoms with Gasteiger partial charge in [0.25, 0.3) is 0 Å². The molecule has 0 spiro atoms. The minimum atomic E-state index is -0.172. The van der Waals surface area contributed by atoms with Crippen molar-refractivity contribution in [3.8, 4) is 0 Å². The maximum Gasteiger partial charge on any atom is 0.343 e. The summed E-state index contributed by atoms with van der Waals surface area (Å²) in [6, 6.07) is 0. The van der Waals surface area contributed by atoms with Crippen LogP contribution in [0.1, 0.15) is 19.7 Å². The fourth-order valence-corrected chi connectivity index (χ4v) is 1.16. The van der Waals surface area contributed by atoms with E-state index in [-0.39, 0.29) is 5.69 Å². The highest BCUT2D eigenvalue weighted by Gasteiger charge is 2.06. The number of H-pyrrole nitrogens is 1. The molecule has 0 atom stereocenters. The topological polar surface area (TPSA) is 50.7 Å². The molecule has 13 heavy (non-hydrogen) atoms. The third-order valence-electron chi connectivity index (χ3n) is 1.80. The van der Waals surface area contributed by atoms with Gasteiger partial charge in [0.1, 0.15) is 0 Å². The van der Waals surface area contributed by atoms with E-state index in [0.717, 1.165) is 5.57 Å². The molecular formula is C9H13N3O. The Bertz CT molecular complexity index is 384. The number of rotatable bonds is 3. The molecule has 0 bridgehead atoms. The lowest BCUT2D eigenvalue weighted by molar-refractivity contribution is 0.718. The van der Waals surface area contributed by atoms with Gasteiger partial charge in [-0.3, -0.25) is 4.57 Å². The van der Waals surface area contributed by atoms with Crippen molar-refractivity contribution in [3.05, 3.63) is 35.0 Å². The van der Waals surface area contributed by atoms with Gasteiger partial charge in [0, 0.05) is 6.54 Å². The number of aromatic amines is 1. The van der Waals surface area contributed by atoms with Crippen molar-refractivity contribution < 1.29 is 0 Å². The second-order valence-electron chi connectivity index (χ2n) is 2.68. The first-order valence-electron chi connectivity index (χ1n) is 4.15. The van der Waals surface area contributed by atoms with Crippen LogP contribution in [-0.2, 0) is 6.54 Å². The van der Waals surface area contributed by atoms with E-state index in [4.69, 9.17) is 0 Å². The van der Waals surface area contributed by atoms with E-state index in [9.17, 15) is 4.79 Å². The Morgan fingerprint density at radius 2 is 2.46 bits per heavy atom. The summed E-state index contributed by atoms with van der Waals surface area (Å²) in [5, 5.41) is 6.32. The maximum atomic E-state index is 11.2. The Morgan fingerprint density at radius 3 is 3.00 bits per heavy atom. The predicted octanol–water partition coefficient (Wildman–Crippen LogP) is 1.18. The standard InChI is InChI=1S/C9H13N3O/c1-4-6-7(3)8-10-11-9(13)12(8)5-2/h4,6H,1,5H2,2-3H3,(H,11,13)/b7-6-. The van der Waals surface area contributed by atoms with Gasteiger partial charge in [-0.1, -0.05) is 18.7 Å². The van der Waals surface area contributed by atoms with E-state index in [1.54, 1.807) is 10.6 Å². The van der Waals surface area contributed by atoms with Gasteiger partial charge in [0.05, 0.1) is 0 Å². The zero-order valence-corrected chi connectivity index (χ0v) is 7.87. The van der Waals surface area contributed by atoms with Crippen LogP contribution in [0.15, 0.2) is 23.5 Å². The molecular weight excluding hydrogens is 166 g/mol. The molecule has 0 unspecified atom stereocenters. The van der Waals surface area contributed by atoms with Gasteiger partial charge in [-0.05, 0) is 19.4 Å². The molecule has 0 saturated carbocycles. The van der Waals surface area contributed by atoms with Gasteiger partial charge in [0.15, 0.2) is 5.82 Å². The summed E-state index contributed by atoms with van der Waals surface area (Å²) in [5.41, 5.74) is 0.754. The first kappa shape index (κ1) is 9.51. The smallest absolute Gasteiger partial charge is 0.276 e. The molecule has 0 amide bonds. The molecule has 4 heteroatoms. The molecule has 1 aromatic rings. The molecule has 70 valence electrons. The van der Waals surface area contributed by atoms with Crippen LogP contribution in [0.5, 0.6) is 0 Å². The highest BCUT2D eigenvalue weighted by Crippen LogP contribution is 2.07. The van der Waals surface area contributed by atoms with E-state index < -0.39 is 0 Å². The zero-order chi connectivity index (χ0) is 9.84. The molecule has 0 aliphatic carbocycles. The van der Waals surface area contributed by atoms with Crippen LogP contribution in [-0.4, -0.2) is 14.8 Å². The monoisotopic (exact) mass is 179 g/mol. The van der Waals surface area contributed by atoms with Crippen LogP contribution in [0.3, 0.4) is 0 Å². The third-order valence-corrected chi connectivity index (χ3v) is 1.80. The van der Waals surface area contributed by atoms with Crippen LogP contribution in [0.4, 0.5) is 0 Å². The van der Waals surface area contributed by atoms with Gasteiger partial charge in [-0.15, -0.1) is 0 Å². The van der Waals surface area contributed by atoms with Crippen LogP contribution < -0.4 is 5.69 Å². The molecule has 4 nitrogen and oxygen atoms in total. The first-order chi connectivity index (χ1) is 6.20. The number of aromatic nitrogens is 3. The SMILES string of the molecule is C=C/C=C(/C)c1n[nH]c(=O)n1CC. The van der Waals surface area contributed by atoms with Crippen molar-refractivity contribution in [1.82, 2.24) is 14.8 Å². The average molecular weight is 179 g/mol.